The minimum atomic E-state index is -0.784. The van der Waals surface area contributed by atoms with E-state index in [-0.39, 0.29) is 6.42 Å². The molecule has 0 bridgehead atoms. The molecule has 4 nitrogen and oxygen atoms in total. The number of rotatable bonds is 5. The predicted molar refractivity (Wildman–Crippen MR) is 67.3 cm³/mol. The van der Waals surface area contributed by atoms with Crippen LogP contribution in [-0.2, 0) is 17.8 Å². The van der Waals surface area contributed by atoms with E-state index in [1.807, 2.05) is 6.07 Å². The highest BCUT2D eigenvalue weighted by molar-refractivity contribution is 9.10. The van der Waals surface area contributed by atoms with Crippen LogP contribution in [0.1, 0.15) is 17.5 Å². The first kappa shape index (κ1) is 12.4. The quantitative estimate of drug-likeness (QED) is 0.816. The van der Waals surface area contributed by atoms with E-state index in [4.69, 9.17) is 9.84 Å². The number of carbonyl (C=O) groups is 1. The third-order valence-electron chi connectivity index (χ3n) is 2.66. The fraction of sp³-hybridized carbons (Fsp3) is 0.417. The van der Waals surface area contributed by atoms with Crippen molar-refractivity contribution < 1.29 is 14.6 Å². The van der Waals surface area contributed by atoms with Gasteiger partial charge in [0.05, 0.1) is 13.0 Å². The molecule has 0 amide bonds. The van der Waals surface area contributed by atoms with Crippen molar-refractivity contribution in [2.45, 2.75) is 19.4 Å². The van der Waals surface area contributed by atoms with Crippen LogP contribution in [0.5, 0.6) is 5.75 Å². The van der Waals surface area contributed by atoms with Crippen molar-refractivity contribution in [3.63, 3.8) is 0 Å². The summed E-state index contributed by atoms with van der Waals surface area (Å²) in [6, 6.07) is 4.08. The summed E-state index contributed by atoms with van der Waals surface area (Å²) >= 11 is 3.47. The van der Waals surface area contributed by atoms with Crippen molar-refractivity contribution in [1.82, 2.24) is 5.32 Å². The van der Waals surface area contributed by atoms with Gasteiger partial charge in [-0.1, -0.05) is 15.9 Å². The molecule has 0 fully saturated rings. The Morgan fingerprint density at radius 2 is 2.35 bits per heavy atom. The van der Waals surface area contributed by atoms with Crippen molar-refractivity contribution in [3.05, 3.63) is 27.7 Å². The smallest absolute Gasteiger partial charge is 0.304 e. The number of ether oxygens (including phenoxy) is 1. The van der Waals surface area contributed by atoms with E-state index in [1.165, 1.54) is 5.56 Å². The average Bonchev–Trinajstić information content (AvgIpc) is 2.71. The Hall–Kier alpha value is -1.07. The highest BCUT2D eigenvalue weighted by Crippen LogP contribution is 2.32. The molecule has 1 aromatic rings. The maximum absolute atomic E-state index is 10.4. The minimum absolute atomic E-state index is 0.136. The second-order valence-corrected chi connectivity index (χ2v) is 4.89. The maximum Gasteiger partial charge on any atom is 0.304 e. The third kappa shape index (κ3) is 3.20. The van der Waals surface area contributed by atoms with E-state index in [0.717, 1.165) is 28.8 Å². The van der Waals surface area contributed by atoms with E-state index in [0.29, 0.717) is 13.1 Å². The first-order chi connectivity index (χ1) is 8.16. The summed E-state index contributed by atoms with van der Waals surface area (Å²) in [5.74, 6) is 0.171. The molecule has 0 unspecified atom stereocenters. The second kappa shape index (κ2) is 5.51. The number of fused-ring (bicyclic) bond motifs is 1. The van der Waals surface area contributed by atoms with Crippen LogP contribution in [0.4, 0.5) is 0 Å². The summed E-state index contributed by atoms with van der Waals surface area (Å²) in [6.45, 7) is 1.83. The molecule has 2 rings (SSSR count). The number of nitrogens with one attached hydrogen (secondary N) is 1. The fourth-order valence-corrected chi connectivity index (χ4v) is 2.45. The molecule has 2 N–H and O–H groups in total. The molecule has 1 heterocycles. The van der Waals surface area contributed by atoms with Gasteiger partial charge in [0.1, 0.15) is 5.75 Å². The molecular formula is C12H14BrNO3. The summed E-state index contributed by atoms with van der Waals surface area (Å²) in [6.07, 6.45) is 1.08. The highest BCUT2D eigenvalue weighted by Gasteiger charge is 2.16. The second-order valence-electron chi connectivity index (χ2n) is 3.97. The van der Waals surface area contributed by atoms with Gasteiger partial charge in [0.15, 0.2) is 0 Å². The molecule has 0 saturated carbocycles. The molecular weight excluding hydrogens is 286 g/mol. The van der Waals surface area contributed by atoms with Gasteiger partial charge in [-0.05, 0) is 17.7 Å². The van der Waals surface area contributed by atoms with Crippen molar-refractivity contribution in [1.29, 1.82) is 0 Å². The van der Waals surface area contributed by atoms with Crippen LogP contribution >= 0.6 is 15.9 Å². The zero-order chi connectivity index (χ0) is 12.3. The van der Waals surface area contributed by atoms with Crippen LogP contribution in [0.2, 0.25) is 0 Å². The first-order valence-corrected chi connectivity index (χ1v) is 6.32. The van der Waals surface area contributed by atoms with E-state index in [2.05, 4.69) is 27.3 Å². The van der Waals surface area contributed by atoms with Crippen LogP contribution < -0.4 is 10.1 Å². The van der Waals surface area contributed by atoms with E-state index >= 15 is 0 Å². The molecule has 5 heteroatoms. The van der Waals surface area contributed by atoms with Gasteiger partial charge in [-0.3, -0.25) is 4.79 Å². The largest absolute Gasteiger partial charge is 0.493 e. The van der Waals surface area contributed by atoms with E-state index in [1.54, 1.807) is 0 Å². The van der Waals surface area contributed by atoms with Gasteiger partial charge in [-0.25, -0.2) is 0 Å². The SMILES string of the molecule is O=C(O)CCNCc1cc(Br)cc2c1OCC2. The van der Waals surface area contributed by atoms with Crippen LogP contribution in [-0.4, -0.2) is 24.2 Å². The van der Waals surface area contributed by atoms with Gasteiger partial charge in [0.2, 0.25) is 0 Å². The maximum atomic E-state index is 10.4. The predicted octanol–water partition coefficient (Wildman–Crippen LogP) is 1.95. The monoisotopic (exact) mass is 299 g/mol. The number of aliphatic carboxylic acids is 1. The molecule has 1 aromatic carbocycles. The Kier molecular flexibility index (Phi) is 4.02. The minimum Gasteiger partial charge on any atom is -0.493 e. The molecule has 0 aliphatic carbocycles. The number of hydrogen-bond acceptors (Lipinski definition) is 3. The van der Waals surface area contributed by atoms with Crippen molar-refractivity contribution in [3.8, 4) is 5.75 Å². The Balaban J connectivity index is 1.98. The summed E-state index contributed by atoms with van der Waals surface area (Å²) in [4.78, 5) is 10.4. The average molecular weight is 300 g/mol. The topological polar surface area (TPSA) is 58.6 Å². The van der Waals surface area contributed by atoms with E-state index in [9.17, 15) is 4.79 Å². The van der Waals surface area contributed by atoms with Crippen LogP contribution in [0.15, 0.2) is 16.6 Å². The lowest BCUT2D eigenvalue weighted by atomic mass is 10.1. The Labute approximate surface area is 108 Å². The molecule has 1 aliphatic heterocycles. The molecule has 0 radical (unpaired) electrons. The lowest BCUT2D eigenvalue weighted by molar-refractivity contribution is -0.136. The highest BCUT2D eigenvalue weighted by atomic mass is 79.9. The number of benzene rings is 1. The van der Waals surface area contributed by atoms with Gasteiger partial charge in [0.25, 0.3) is 0 Å². The zero-order valence-electron chi connectivity index (χ0n) is 9.33. The van der Waals surface area contributed by atoms with Gasteiger partial charge in [0, 0.05) is 29.5 Å². The summed E-state index contributed by atoms with van der Waals surface area (Å²) in [5.41, 5.74) is 2.30. The molecule has 0 atom stereocenters. The Morgan fingerprint density at radius 3 is 3.12 bits per heavy atom. The normalized spacial score (nSPS) is 13.2. The summed E-state index contributed by atoms with van der Waals surface area (Å²) < 4.78 is 6.62. The van der Waals surface area contributed by atoms with Gasteiger partial charge in [-0.15, -0.1) is 0 Å². The molecule has 92 valence electrons. The molecule has 0 aromatic heterocycles. The molecule has 1 aliphatic rings. The van der Waals surface area contributed by atoms with Crippen LogP contribution in [0.3, 0.4) is 0 Å². The van der Waals surface area contributed by atoms with Crippen molar-refractivity contribution in [2.75, 3.05) is 13.2 Å². The lowest BCUT2D eigenvalue weighted by Gasteiger charge is -2.09. The lowest BCUT2D eigenvalue weighted by Crippen LogP contribution is -2.18. The number of carboxylic acid groups (broad SMARTS) is 1. The third-order valence-corrected chi connectivity index (χ3v) is 3.11. The van der Waals surface area contributed by atoms with Crippen molar-refractivity contribution in [2.24, 2.45) is 0 Å². The first-order valence-electron chi connectivity index (χ1n) is 5.53. The van der Waals surface area contributed by atoms with Crippen molar-refractivity contribution >= 4 is 21.9 Å². The number of halogens is 1. The number of carboxylic acids is 1. The zero-order valence-corrected chi connectivity index (χ0v) is 10.9. The Morgan fingerprint density at radius 1 is 1.53 bits per heavy atom. The Bertz CT molecular complexity index is 434. The van der Waals surface area contributed by atoms with Gasteiger partial charge >= 0.3 is 5.97 Å². The number of hydrogen-bond donors (Lipinski definition) is 2. The standard InChI is InChI=1S/C12H14BrNO3/c13-10-5-8-2-4-17-12(8)9(6-10)7-14-3-1-11(15)16/h5-6,14H,1-4,7H2,(H,15,16). The molecule has 0 spiro atoms. The summed E-state index contributed by atoms with van der Waals surface area (Å²) in [7, 11) is 0. The molecule has 0 saturated heterocycles. The van der Waals surface area contributed by atoms with Crippen LogP contribution in [0, 0.1) is 0 Å². The van der Waals surface area contributed by atoms with Gasteiger partial charge in [-0.2, -0.15) is 0 Å². The van der Waals surface area contributed by atoms with E-state index < -0.39 is 5.97 Å². The van der Waals surface area contributed by atoms with Crippen LogP contribution in [0.25, 0.3) is 0 Å². The van der Waals surface area contributed by atoms with Gasteiger partial charge < -0.3 is 15.2 Å². The summed E-state index contributed by atoms with van der Waals surface area (Å²) in [5, 5.41) is 11.6. The molecule has 17 heavy (non-hydrogen) atoms. The fourth-order valence-electron chi connectivity index (χ4n) is 1.90.